The molecule has 1 spiro atoms. The molecule has 0 aromatic heterocycles. The minimum atomic E-state index is -1.17. The van der Waals surface area contributed by atoms with E-state index in [-0.39, 0.29) is 37.4 Å². The number of carbonyl (C=O) groups excluding carboxylic acids is 3. The SMILES string of the molecule is C=CCN(C(=O)C1N(CCCCCCO)C(=O)[C@@H]2[C@@H](C(=O)N(CC=C)c3ccc(OCC)cc3)[C@@]3(CC)CCC12O3)c1ccc(OC)cc1. The first-order chi connectivity index (χ1) is 23.7. The molecule has 3 aliphatic rings. The molecule has 0 saturated carbocycles. The van der Waals surface area contributed by atoms with Crippen LogP contribution in [0.25, 0.3) is 0 Å². The fraction of sp³-hybridized carbons (Fsp3) is 0.513. The maximum atomic E-state index is 14.9. The van der Waals surface area contributed by atoms with E-state index in [4.69, 9.17) is 14.2 Å². The molecule has 3 saturated heterocycles. The molecular formula is C39H51N3O7. The Balaban J connectivity index is 1.56. The summed E-state index contributed by atoms with van der Waals surface area (Å²) in [6.07, 6.45) is 7.88. The molecular weight excluding hydrogens is 622 g/mol. The van der Waals surface area contributed by atoms with Crippen LogP contribution in [0.5, 0.6) is 11.5 Å². The van der Waals surface area contributed by atoms with Crippen LogP contribution in [0, 0.1) is 11.8 Å². The molecule has 1 N–H and O–H groups in total. The summed E-state index contributed by atoms with van der Waals surface area (Å²) >= 11 is 0. The molecule has 10 nitrogen and oxygen atoms in total. The first kappa shape index (κ1) is 36.1. The number of aliphatic hydroxyl groups is 1. The van der Waals surface area contributed by atoms with Gasteiger partial charge in [-0.15, -0.1) is 13.2 Å². The summed E-state index contributed by atoms with van der Waals surface area (Å²) in [5.41, 5.74) is -0.733. The van der Waals surface area contributed by atoms with Crippen molar-refractivity contribution in [2.75, 3.05) is 49.8 Å². The zero-order valence-electron chi connectivity index (χ0n) is 29.1. The summed E-state index contributed by atoms with van der Waals surface area (Å²) in [5.74, 6) is -0.926. The van der Waals surface area contributed by atoms with Crippen molar-refractivity contribution >= 4 is 29.1 Å². The Hall–Kier alpha value is -4.15. The molecule has 5 atom stereocenters. The number of methoxy groups -OCH3 is 1. The Bertz CT molecular complexity index is 1490. The van der Waals surface area contributed by atoms with Gasteiger partial charge in [0.2, 0.25) is 11.8 Å². The van der Waals surface area contributed by atoms with Gasteiger partial charge in [-0.2, -0.15) is 0 Å². The topological polar surface area (TPSA) is 109 Å². The predicted molar refractivity (Wildman–Crippen MR) is 190 cm³/mol. The Morgan fingerprint density at radius 3 is 2.06 bits per heavy atom. The van der Waals surface area contributed by atoms with Crippen LogP contribution in [0.3, 0.4) is 0 Å². The Kier molecular flexibility index (Phi) is 11.5. The quantitative estimate of drug-likeness (QED) is 0.164. The fourth-order valence-electron chi connectivity index (χ4n) is 8.23. The average molecular weight is 674 g/mol. The van der Waals surface area contributed by atoms with E-state index >= 15 is 0 Å². The number of benzene rings is 2. The van der Waals surface area contributed by atoms with Crippen molar-refractivity contribution in [3.05, 3.63) is 73.8 Å². The van der Waals surface area contributed by atoms with Gasteiger partial charge in [-0.25, -0.2) is 0 Å². The van der Waals surface area contributed by atoms with Gasteiger partial charge in [0.15, 0.2) is 0 Å². The zero-order chi connectivity index (χ0) is 35.2. The minimum Gasteiger partial charge on any atom is -0.497 e. The van der Waals surface area contributed by atoms with Gasteiger partial charge in [-0.3, -0.25) is 14.4 Å². The lowest BCUT2D eigenvalue weighted by atomic mass is 9.64. The van der Waals surface area contributed by atoms with E-state index < -0.39 is 29.1 Å². The van der Waals surface area contributed by atoms with E-state index in [9.17, 15) is 19.5 Å². The van der Waals surface area contributed by atoms with Gasteiger partial charge in [0.25, 0.3) is 5.91 Å². The molecule has 2 aromatic carbocycles. The van der Waals surface area contributed by atoms with Gasteiger partial charge < -0.3 is 34.0 Å². The van der Waals surface area contributed by atoms with Crippen LogP contribution < -0.4 is 19.3 Å². The van der Waals surface area contributed by atoms with Crippen molar-refractivity contribution in [1.29, 1.82) is 0 Å². The summed E-state index contributed by atoms with van der Waals surface area (Å²) in [5, 5.41) is 9.30. The van der Waals surface area contributed by atoms with E-state index in [0.717, 1.165) is 12.8 Å². The van der Waals surface area contributed by atoms with E-state index in [1.165, 1.54) is 0 Å². The molecule has 264 valence electrons. The number of hydrogen-bond donors (Lipinski definition) is 1. The second-order valence-electron chi connectivity index (χ2n) is 13.1. The molecule has 2 unspecified atom stereocenters. The summed E-state index contributed by atoms with van der Waals surface area (Å²) in [6.45, 7) is 13.2. The lowest BCUT2D eigenvalue weighted by Gasteiger charge is -2.37. The summed E-state index contributed by atoms with van der Waals surface area (Å²) in [7, 11) is 1.59. The van der Waals surface area contributed by atoms with Gasteiger partial charge in [-0.1, -0.05) is 31.9 Å². The number of anilines is 2. The molecule has 2 aromatic rings. The maximum absolute atomic E-state index is 14.9. The fourth-order valence-corrected chi connectivity index (χ4v) is 8.23. The molecule has 10 heteroatoms. The highest BCUT2D eigenvalue weighted by Gasteiger charge is 2.79. The number of ether oxygens (including phenoxy) is 3. The first-order valence-corrected chi connectivity index (χ1v) is 17.6. The number of aliphatic hydroxyl groups excluding tert-OH is 1. The number of rotatable bonds is 18. The number of hydrogen-bond acceptors (Lipinski definition) is 7. The van der Waals surface area contributed by atoms with E-state index in [1.54, 1.807) is 46.1 Å². The van der Waals surface area contributed by atoms with Gasteiger partial charge >= 0.3 is 0 Å². The molecule has 3 heterocycles. The van der Waals surface area contributed by atoms with Crippen LogP contribution >= 0.6 is 0 Å². The second kappa shape index (κ2) is 15.6. The van der Waals surface area contributed by atoms with Crippen molar-refractivity contribution in [1.82, 2.24) is 4.90 Å². The van der Waals surface area contributed by atoms with Crippen LogP contribution in [-0.2, 0) is 19.1 Å². The Morgan fingerprint density at radius 1 is 0.918 bits per heavy atom. The largest absolute Gasteiger partial charge is 0.497 e. The normalized spacial score (nSPS) is 25.2. The molecule has 5 rings (SSSR count). The van der Waals surface area contributed by atoms with Gasteiger partial charge in [-0.05, 0) is 87.6 Å². The third-order valence-electron chi connectivity index (χ3n) is 10.5. The number of fused-ring (bicyclic) bond motifs is 1. The first-order valence-electron chi connectivity index (χ1n) is 17.6. The van der Waals surface area contributed by atoms with Gasteiger partial charge in [0.1, 0.15) is 23.1 Å². The lowest BCUT2D eigenvalue weighted by Crippen LogP contribution is -2.56. The third kappa shape index (κ3) is 6.60. The average Bonchev–Trinajstić information content (AvgIpc) is 3.73. The zero-order valence-corrected chi connectivity index (χ0v) is 29.1. The minimum absolute atomic E-state index is 0.111. The number of amides is 3. The van der Waals surface area contributed by atoms with Crippen molar-refractivity contribution < 1.29 is 33.7 Å². The Morgan fingerprint density at radius 2 is 1.51 bits per heavy atom. The van der Waals surface area contributed by atoms with Crippen molar-refractivity contribution in [2.45, 2.75) is 76.0 Å². The summed E-state index contributed by atoms with van der Waals surface area (Å²) in [4.78, 5) is 49.6. The Labute approximate surface area is 290 Å². The second-order valence-corrected chi connectivity index (χ2v) is 13.1. The number of carbonyl (C=O) groups is 3. The maximum Gasteiger partial charge on any atom is 0.253 e. The smallest absolute Gasteiger partial charge is 0.253 e. The third-order valence-corrected chi connectivity index (χ3v) is 10.5. The molecule has 3 fully saturated rings. The highest BCUT2D eigenvalue weighted by atomic mass is 16.5. The number of likely N-dealkylation sites (tertiary alicyclic amines) is 1. The molecule has 0 aliphatic carbocycles. The van der Waals surface area contributed by atoms with Crippen molar-refractivity contribution in [3.8, 4) is 11.5 Å². The highest BCUT2D eigenvalue weighted by molar-refractivity contribution is 6.07. The van der Waals surface area contributed by atoms with Crippen LogP contribution in [0.1, 0.15) is 58.8 Å². The van der Waals surface area contributed by atoms with Crippen LogP contribution in [0.15, 0.2) is 73.8 Å². The van der Waals surface area contributed by atoms with Crippen molar-refractivity contribution in [3.63, 3.8) is 0 Å². The van der Waals surface area contributed by atoms with Gasteiger partial charge in [0.05, 0.1) is 31.2 Å². The van der Waals surface area contributed by atoms with E-state index in [2.05, 4.69) is 13.2 Å². The van der Waals surface area contributed by atoms with Gasteiger partial charge in [0, 0.05) is 37.6 Å². The number of unbranched alkanes of at least 4 members (excludes halogenated alkanes) is 3. The lowest BCUT2D eigenvalue weighted by molar-refractivity contribution is -0.146. The van der Waals surface area contributed by atoms with Crippen LogP contribution in [0.4, 0.5) is 11.4 Å². The van der Waals surface area contributed by atoms with Crippen molar-refractivity contribution in [2.24, 2.45) is 11.8 Å². The summed E-state index contributed by atoms with van der Waals surface area (Å²) < 4.78 is 18.0. The van der Waals surface area contributed by atoms with E-state index in [1.807, 2.05) is 50.2 Å². The standard InChI is InChI=1S/C39H51N3O7/c1-6-24-40(28-16-20-31(21-17-28)48-9-4)35(44)32-33-36(45)42(26-12-10-11-13-27-43)34(39(33)23-22-38(32,8-3)49-39)37(46)41(25-7-2)29-14-18-30(47-5)19-15-29/h6-7,14-21,32-34,43H,1-2,8-13,22-27H2,3-5H3/t32-,33-,34?,38+,39?/m0/s1. The highest BCUT2D eigenvalue weighted by Crippen LogP contribution is 2.65. The molecule has 3 amide bonds. The monoisotopic (exact) mass is 673 g/mol. The predicted octanol–water partition coefficient (Wildman–Crippen LogP) is 5.54. The molecule has 49 heavy (non-hydrogen) atoms. The number of nitrogens with zero attached hydrogens (tertiary/aromatic N) is 3. The molecule has 3 aliphatic heterocycles. The van der Waals surface area contributed by atoms with E-state index in [0.29, 0.717) is 68.1 Å². The van der Waals surface area contributed by atoms with Crippen LogP contribution in [-0.4, -0.2) is 84.9 Å². The molecule has 2 bridgehead atoms. The van der Waals surface area contributed by atoms with Crippen LogP contribution in [0.2, 0.25) is 0 Å². The molecule has 0 radical (unpaired) electrons. The summed E-state index contributed by atoms with van der Waals surface area (Å²) in [6, 6.07) is 13.7.